The number of hydrogen-bond acceptors (Lipinski definition) is 6. The van der Waals surface area contributed by atoms with E-state index in [1.54, 1.807) is 12.5 Å². The van der Waals surface area contributed by atoms with Crippen molar-refractivity contribution in [2.24, 2.45) is 5.41 Å². The van der Waals surface area contributed by atoms with E-state index < -0.39 is 0 Å². The third-order valence-corrected chi connectivity index (χ3v) is 5.00. The van der Waals surface area contributed by atoms with Crippen molar-refractivity contribution in [3.63, 3.8) is 0 Å². The van der Waals surface area contributed by atoms with Crippen molar-refractivity contribution in [2.75, 3.05) is 18.0 Å². The summed E-state index contributed by atoms with van der Waals surface area (Å²) >= 11 is 1.11. The van der Waals surface area contributed by atoms with E-state index in [9.17, 15) is 9.59 Å². The minimum atomic E-state index is -0.156. The van der Waals surface area contributed by atoms with Gasteiger partial charge in [-0.2, -0.15) is 0 Å². The first-order chi connectivity index (χ1) is 11.4. The van der Waals surface area contributed by atoms with E-state index in [1.165, 1.54) is 0 Å². The molecule has 130 valence electrons. The molecule has 1 aliphatic heterocycles. The summed E-state index contributed by atoms with van der Waals surface area (Å²) in [6.45, 7) is 5.76. The van der Waals surface area contributed by atoms with Crippen molar-refractivity contribution >= 4 is 22.4 Å². The first kappa shape index (κ1) is 16.7. The zero-order valence-corrected chi connectivity index (χ0v) is 14.7. The van der Waals surface area contributed by atoms with Crippen molar-refractivity contribution in [1.82, 2.24) is 25.5 Å². The quantitative estimate of drug-likeness (QED) is 0.718. The van der Waals surface area contributed by atoms with Gasteiger partial charge in [-0.3, -0.25) is 9.59 Å². The van der Waals surface area contributed by atoms with Gasteiger partial charge in [0.1, 0.15) is 0 Å². The van der Waals surface area contributed by atoms with Crippen molar-refractivity contribution in [3.05, 3.63) is 27.9 Å². The predicted molar refractivity (Wildman–Crippen MR) is 92.2 cm³/mol. The summed E-state index contributed by atoms with van der Waals surface area (Å²) in [6, 6.07) is 0.148. The normalized spacial score (nSPS) is 19.6. The van der Waals surface area contributed by atoms with Crippen LogP contribution in [0.5, 0.6) is 0 Å². The molecule has 1 aliphatic rings. The Hall–Kier alpha value is -2.16. The van der Waals surface area contributed by atoms with Crippen LogP contribution in [0, 0.1) is 5.41 Å². The lowest BCUT2D eigenvalue weighted by atomic mass is 9.91. The molecular formula is C15H22N6O2S. The highest BCUT2D eigenvalue weighted by Crippen LogP contribution is 2.36. The van der Waals surface area contributed by atoms with E-state index in [2.05, 4.69) is 44.2 Å². The number of carbonyl (C=O) groups is 1. The van der Waals surface area contributed by atoms with Gasteiger partial charge in [-0.05, 0) is 29.6 Å². The number of nitrogens with zero attached hydrogens (tertiary/aromatic N) is 3. The van der Waals surface area contributed by atoms with Crippen molar-refractivity contribution in [1.29, 1.82) is 0 Å². The monoisotopic (exact) mass is 350 g/mol. The van der Waals surface area contributed by atoms with Crippen molar-refractivity contribution in [2.45, 2.75) is 39.2 Å². The lowest BCUT2D eigenvalue weighted by Crippen LogP contribution is -2.40. The van der Waals surface area contributed by atoms with E-state index in [0.717, 1.165) is 30.0 Å². The number of rotatable bonds is 6. The Labute approximate surface area is 143 Å². The van der Waals surface area contributed by atoms with Crippen LogP contribution in [0.15, 0.2) is 17.3 Å². The first-order valence-electron chi connectivity index (χ1n) is 7.99. The fourth-order valence-corrected chi connectivity index (χ4v) is 3.82. The number of imidazole rings is 1. The van der Waals surface area contributed by atoms with Crippen LogP contribution in [-0.4, -0.2) is 45.2 Å². The van der Waals surface area contributed by atoms with E-state index >= 15 is 0 Å². The summed E-state index contributed by atoms with van der Waals surface area (Å²) in [5, 5.41) is 10.3. The molecule has 0 spiro atoms. The number of hydrogen-bond donors (Lipinski definition) is 3. The largest absolute Gasteiger partial charge is 0.354 e. The Bertz CT molecular complexity index is 735. The molecule has 0 aromatic carbocycles. The Morgan fingerprint density at radius 2 is 2.38 bits per heavy atom. The van der Waals surface area contributed by atoms with Gasteiger partial charge in [0.05, 0.1) is 6.33 Å². The Morgan fingerprint density at radius 3 is 3.04 bits per heavy atom. The Kier molecular flexibility index (Phi) is 4.70. The van der Waals surface area contributed by atoms with Crippen LogP contribution in [-0.2, 0) is 11.2 Å². The first-order valence-corrected chi connectivity index (χ1v) is 8.81. The third-order valence-electron chi connectivity index (χ3n) is 4.21. The Morgan fingerprint density at radius 1 is 1.54 bits per heavy atom. The number of aromatic amines is 2. The van der Waals surface area contributed by atoms with E-state index in [1.807, 2.05) is 0 Å². The van der Waals surface area contributed by atoms with Gasteiger partial charge in [0.25, 0.3) is 0 Å². The van der Waals surface area contributed by atoms with E-state index in [0.29, 0.717) is 24.5 Å². The molecule has 1 atom stereocenters. The molecule has 0 saturated carbocycles. The van der Waals surface area contributed by atoms with Gasteiger partial charge in [0, 0.05) is 37.4 Å². The Balaban J connectivity index is 1.56. The van der Waals surface area contributed by atoms with Crippen LogP contribution in [0.25, 0.3) is 0 Å². The maximum absolute atomic E-state index is 12.1. The van der Waals surface area contributed by atoms with Gasteiger partial charge >= 0.3 is 4.87 Å². The van der Waals surface area contributed by atoms with Gasteiger partial charge < -0.3 is 15.2 Å². The van der Waals surface area contributed by atoms with Crippen LogP contribution in [0.3, 0.4) is 0 Å². The number of H-pyrrole nitrogens is 2. The minimum absolute atomic E-state index is 0.0180. The second-order valence-electron chi connectivity index (χ2n) is 6.93. The SMILES string of the molecule is CC1(C)C[C@@H](CNC(=O)CCc2cnc[nH]2)N(c2n[nH]c(=O)s2)C1. The fourth-order valence-electron chi connectivity index (χ4n) is 3.14. The van der Waals surface area contributed by atoms with Crippen molar-refractivity contribution < 1.29 is 4.79 Å². The van der Waals surface area contributed by atoms with Crippen LogP contribution in [0.1, 0.15) is 32.4 Å². The molecule has 1 amide bonds. The number of nitrogens with one attached hydrogen (secondary N) is 3. The topological polar surface area (TPSA) is 107 Å². The van der Waals surface area contributed by atoms with Gasteiger partial charge in [0.2, 0.25) is 11.0 Å². The molecule has 9 heteroatoms. The highest BCUT2D eigenvalue weighted by atomic mass is 32.1. The summed E-state index contributed by atoms with van der Waals surface area (Å²) < 4.78 is 0. The number of anilines is 1. The summed E-state index contributed by atoms with van der Waals surface area (Å²) in [4.78, 5) is 32.3. The van der Waals surface area contributed by atoms with Crippen LogP contribution in [0.2, 0.25) is 0 Å². The molecule has 1 saturated heterocycles. The highest BCUT2D eigenvalue weighted by molar-refractivity contribution is 7.13. The fraction of sp³-hybridized carbons (Fsp3) is 0.600. The zero-order valence-electron chi connectivity index (χ0n) is 13.8. The maximum Gasteiger partial charge on any atom is 0.324 e. The minimum Gasteiger partial charge on any atom is -0.354 e. The molecule has 24 heavy (non-hydrogen) atoms. The maximum atomic E-state index is 12.1. The summed E-state index contributed by atoms with van der Waals surface area (Å²) in [6.07, 6.45) is 5.36. The van der Waals surface area contributed by atoms with Crippen LogP contribution >= 0.6 is 11.3 Å². The second kappa shape index (κ2) is 6.76. The molecule has 1 fully saturated rings. The molecule has 0 aliphatic carbocycles. The lowest BCUT2D eigenvalue weighted by molar-refractivity contribution is -0.121. The molecule has 3 N–H and O–H groups in total. The number of aromatic nitrogens is 4. The third kappa shape index (κ3) is 4.02. The van der Waals surface area contributed by atoms with Crippen LogP contribution < -0.4 is 15.1 Å². The van der Waals surface area contributed by atoms with Gasteiger partial charge in [0.15, 0.2) is 0 Å². The molecule has 3 heterocycles. The van der Waals surface area contributed by atoms with E-state index in [-0.39, 0.29) is 22.2 Å². The average molecular weight is 350 g/mol. The molecule has 3 rings (SSSR count). The lowest BCUT2D eigenvalue weighted by Gasteiger charge is -2.23. The molecule has 8 nitrogen and oxygen atoms in total. The molecule has 0 bridgehead atoms. The summed E-state index contributed by atoms with van der Waals surface area (Å²) in [7, 11) is 0. The number of carbonyl (C=O) groups excluding carboxylic acids is 1. The van der Waals surface area contributed by atoms with Gasteiger partial charge in [-0.15, -0.1) is 5.10 Å². The number of amides is 1. The summed E-state index contributed by atoms with van der Waals surface area (Å²) in [5.74, 6) is 0.0180. The van der Waals surface area contributed by atoms with Crippen LogP contribution in [0.4, 0.5) is 5.13 Å². The molecule has 2 aromatic rings. The zero-order chi connectivity index (χ0) is 17.2. The smallest absolute Gasteiger partial charge is 0.324 e. The van der Waals surface area contributed by atoms with E-state index in [4.69, 9.17) is 0 Å². The average Bonchev–Trinajstić information content (AvgIpc) is 3.23. The van der Waals surface area contributed by atoms with Gasteiger partial charge in [-0.1, -0.05) is 13.8 Å². The molecule has 2 aromatic heterocycles. The molecule has 0 unspecified atom stereocenters. The standard InChI is InChI=1S/C15H22N6O2S/c1-15(2)5-11(21(8-15)13-19-20-14(23)24-13)7-17-12(22)4-3-10-6-16-9-18-10/h6,9,11H,3-5,7-8H2,1-2H3,(H,16,18)(H,17,22)(H,20,23)/t11-/m0/s1. The predicted octanol–water partition coefficient (Wildman–Crippen LogP) is 0.908. The molecular weight excluding hydrogens is 328 g/mol. The molecule has 0 radical (unpaired) electrons. The second-order valence-corrected chi connectivity index (χ2v) is 7.87. The van der Waals surface area contributed by atoms with Gasteiger partial charge in [-0.25, -0.2) is 10.1 Å². The number of aryl methyl sites for hydroxylation is 1. The summed E-state index contributed by atoms with van der Waals surface area (Å²) in [5.41, 5.74) is 1.08. The van der Waals surface area contributed by atoms with Crippen molar-refractivity contribution in [3.8, 4) is 0 Å². The highest BCUT2D eigenvalue weighted by Gasteiger charge is 2.38.